The number of thiophene rings is 1. The lowest BCUT2D eigenvalue weighted by Gasteiger charge is -2.16. The van der Waals surface area contributed by atoms with Gasteiger partial charge in [-0.1, -0.05) is 12.1 Å². The van der Waals surface area contributed by atoms with Crippen molar-refractivity contribution in [2.24, 2.45) is 0 Å². The summed E-state index contributed by atoms with van der Waals surface area (Å²) in [5, 5.41) is 5.29. The van der Waals surface area contributed by atoms with E-state index in [9.17, 15) is 4.39 Å². The van der Waals surface area contributed by atoms with Crippen LogP contribution in [0, 0.1) is 5.82 Å². The van der Waals surface area contributed by atoms with E-state index in [2.05, 4.69) is 16.4 Å². The first-order valence-corrected chi connectivity index (χ1v) is 6.92. The third kappa shape index (κ3) is 2.37. The Balaban J connectivity index is 2.03. The van der Waals surface area contributed by atoms with Gasteiger partial charge in [0.1, 0.15) is 5.82 Å². The topological polar surface area (TPSA) is 24.9 Å². The molecule has 1 unspecified atom stereocenters. The average molecular weight is 272 g/mol. The normalized spacial score (nSPS) is 12.7. The van der Waals surface area contributed by atoms with Crippen molar-refractivity contribution in [3.8, 4) is 0 Å². The largest absolute Gasteiger partial charge is 0.309 e. The first kappa shape index (κ1) is 12.3. The van der Waals surface area contributed by atoms with Crippen LogP contribution in [0.1, 0.15) is 17.2 Å². The van der Waals surface area contributed by atoms with Crippen LogP contribution >= 0.6 is 11.3 Å². The van der Waals surface area contributed by atoms with Crippen LogP contribution in [0.4, 0.5) is 4.39 Å². The molecule has 1 aromatic carbocycles. The second-order valence-electron chi connectivity index (χ2n) is 4.35. The Bertz CT molecular complexity index is 691. The Labute approximate surface area is 114 Å². The summed E-state index contributed by atoms with van der Waals surface area (Å²) < 4.78 is 14.2. The highest BCUT2D eigenvalue weighted by Crippen LogP contribution is 2.26. The molecule has 3 rings (SSSR count). The number of hydrogen-bond donors (Lipinski definition) is 1. The van der Waals surface area contributed by atoms with Crippen molar-refractivity contribution >= 4 is 21.6 Å². The molecule has 0 amide bonds. The number of pyridine rings is 1. The third-order valence-electron chi connectivity index (χ3n) is 3.15. The Morgan fingerprint density at radius 2 is 1.95 bits per heavy atom. The molecule has 1 atom stereocenters. The molecule has 0 aliphatic carbocycles. The first-order valence-electron chi connectivity index (χ1n) is 6.04. The molecule has 0 spiro atoms. The van der Waals surface area contributed by atoms with Crippen LogP contribution in [0.3, 0.4) is 0 Å². The Morgan fingerprint density at radius 1 is 1.16 bits per heavy atom. The quantitative estimate of drug-likeness (QED) is 0.785. The van der Waals surface area contributed by atoms with Gasteiger partial charge in [0.15, 0.2) is 0 Å². The number of halogens is 1. The molecular formula is C15H13FN2S. The van der Waals surface area contributed by atoms with E-state index >= 15 is 0 Å². The molecule has 0 saturated carbocycles. The highest BCUT2D eigenvalue weighted by molar-refractivity contribution is 7.17. The predicted molar refractivity (Wildman–Crippen MR) is 76.9 cm³/mol. The molecule has 0 bridgehead atoms. The number of hydrogen-bond acceptors (Lipinski definition) is 3. The molecule has 2 aromatic heterocycles. The summed E-state index contributed by atoms with van der Waals surface area (Å²) in [4.78, 5) is 4.45. The Morgan fingerprint density at radius 3 is 2.68 bits per heavy atom. The molecule has 0 radical (unpaired) electrons. The van der Waals surface area contributed by atoms with Crippen LogP contribution in [0.5, 0.6) is 0 Å². The van der Waals surface area contributed by atoms with Crippen LogP contribution in [0.15, 0.2) is 48.0 Å². The maximum atomic E-state index is 13.0. The fourth-order valence-electron chi connectivity index (χ4n) is 2.20. The number of fused-ring (bicyclic) bond motifs is 1. The van der Waals surface area contributed by atoms with E-state index < -0.39 is 0 Å². The monoisotopic (exact) mass is 272 g/mol. The van der Waals surface area contributed by atoms with E-state index in [1.54, 1.807) is 23.5 Å². The number of nitrogens with one attached hydrogen (secondary N) is 1. The smallest absolute Gasteiger partial charge is 0.123 e. The first-order chi connectivity index (χ1) is 9.28. The zero-order valence-corrected chi connectivity index (χ0v) is 11.2. The van der Waals surface area contributed by atoms with E-state index in [4.69, 9.17) is 0 Å². The van der Waals surface area contributed by atoms with Crippen LogP contribution in [-0.2, 0) is 0 Å². The van der Waals surface area contributed by atoms with Gasteiger partial charge in [0.05, 0.1) is 16.3 Å². The minimum absolute atomic E-state index is 0.0274. The van der Waals surface area contributed by atoms with Gasteiger partial charge in [0, 0.05) is 6.20 Å². The lowest BCUT2D eigenvalue weighted by molar-refractivity contribution is 0.623. The maximum absolute atomic E-state index is 13.0. The van der Waals surface area contributed by atoms with Crippen LogP contribution in [0.25, 0.3) is 10.2 Å². The molecule has 2 heterocycles. The van der Waals surface area contributed by atoms with E-state index in [0.29, 0.717) is 0 Å². The Kier molecular flexibility index (Phi) is 3.27. The molecule has 0 aliphatic rings. The summed E-state index contributed by atoms with van der Waals surface area (Å²) in [6, 6.07) is 10.7. The van der Waals surface area contributed by atoms with E-state index in [0.717, 1.165) is 16.6 Å². The summed E-state index contributed by atoms with van der Waals surface area (Å²) in [6.07, 6.45) is 1.87. The SMILES string of the molecule is CNC(c1ccc(F)cc1)c1cnc2ccsc2c1. The average Bonchev–Trinajstić information content (AvgIpc) is 2.89. The highest BCUT2D eigenvalue weighted by atomic mass is 32.1. The highest BCUT2D eigenvalue weighted by Gasteiger charge is 2.13. The summed E-state index contributed by atoms with van der Waals surface area (Å²) in [6.45, 7) is 0. The predicted octanol–water partition coefficient (Wildman–Crippen LogP) is 3.74. The Hall–Kier alpha value is -1.78. The zero-order valence-electron chi connectivity index (χ0n) is 10.4. The molecule has 4 heteroatoms. The van der Waals surface area contributed by atoms with Crippen molar-refractivity contribution in [1.82, 2.24) is 10.3 Å². The fraction of sp³-hybridized carbons (Fsp3) is 0.133. The zero-order chi connectivity index (χ0) is 13.2. The summed E-state index contributed by atoms with van der Waals surface area (Å²) in [5.41, 5.74) is 3.13. The van der Waals surface area contributed by atoms with E-state index in [1.165, 1.54) is 16.8 Å². The standard InChI is InChI=1S/C15H13FN2S/c1-17-15(10-2-4-12(16)5-3-10)11-8-14-13(18-9-11)6-7-19-14/h2-9,15,17H,1H3. The van der Waals surface area contributed by atoms with Crippen LogP contribution in [0.2, 0.25) is 0 Å². The van der Waals surface area contributed by atoms with Crippen molar-refractivity contribution in [2.45, 2.75) is 6.04 Å². The van der Waals surface area contributed by atoms with E-state index in [1.807, 2.05) is 24.7 Å². The van der Waals surface area contributed by atoms with Gasteiger partial charge in [0.25, 0.3) is 0 Å². The molecule has 19 heavy (non-hydrogen) atoms. The molecule has 0 fully saturated rings. The van der Waals surface area contributed by atoms with Crippen LogP contribution in [-0.4, -0.2) is 12.0 Å². The van der Waals surface area contributed by atoms with Crippen molar-refractivity contribution in [3.63, 3.8) is 0 Å². The minimum atomic E-state index is -0.217. The minimum Gasteiger partial charge on any atom is -0.309 e. The molecule has 2 nitrogen and oxygen atoms in total. The van der Waals surface area contributed by atoms with Gasteiger partial charge in [-0.2, -0.15) is 0 Å². The molecular weight excluding hydrogens is 259 g/mol. The lowest BCUT2D eigenvalue weighted by atomic mass is 10.0. The summed E-state index contributed by atoms with van der Waals surface area (Å²) >= 11 is 1.68. The summed E-state index contributed by atoms with van der Waals surface area (Å²) in [5.74, 6) is -0.217. The van der Waals surface area contributed by atoms with Gasteiger partial charge in [0.2, 0.25) is 0 Å². The van der Waals surface area contributed by atoms with Gasteiger partial charge in [-0.25, -0.2) is 4.39 Å². The van der Waals surface area contributed by atoms with Gasteiger partial charge in [-0.05, 0) is 47.8 Å². The van der Waals surface area contributed by atoms with Gasteiger partial charge in [-0.15, -0.1) is 11.3 Å². The van der Waals surface area contributed by atoms with Gasteiger partial charge in [-0.3, -0.25) is 4.98 Å². The van der Waals surface area contributed by atoms with Gasteiger partial charge < -0.3 is 5.32 Å². The molecule has 0 aliphatic heterocycles. The van der Waals surface area contributed by atoms with Crippen molar-refractivity contribution in [3.05, 3.63) is 64.9 Å². The number of benzene rings is 1. The van der Waals surface area contributed by atoms with Crippen molar-refractivity contribution < 1.29 is 4.39 Å². The third-order valence-corrected chi connectivity index (χ3v) is 4.00. The number of aromatic nitrogens is 1. The molecule has 1 N–H and O–H groups in total. The fourth-order valence-corrected chi connectivity index (χ4v) is 2.99. The lowest BCUT2D eigenvalue weighted by Crippen LogP contribution is -2.17. The second-order valence-corrected chi connectivity index (χ2v) is 5.29. The number of rotatable bonds is 3. The second kappa shape index (κ2) is 5.07. The molecule has 96 valence electrons. The maximum Gasteiger partial charge on any atom is 0.123 e. The van der Waals surface area contributed by atoms with Crippen molar-refractivity contribution in [1.29, 1.82) is 0 Å². The number of nitrogens with zero attached hydrogens (tertiary/aromatic N) is 1. The molecule has 3 aromatic rings. The molecule has 0 saturated heterocycles. The summed E-state index contributed by atoms with van der Waals surface area (Å²) in [7, 11) is 1.90. The van der Waals surface area contributed by atoms with E-state index in [-0.39, 0.29) is 11.9 Å². The van der Waals surface area contributed by atoms with Crippen LogP contribution < -0.4 is 5.32 Å². The van der Waals surface area contributed by atoms with Gasteiger partial charge >= 0.3 is 0 Å². The van der Waals surface area contributed by atoms with Crippen molar-refractivity contribution in [2.75, 3.05) is 7.05 Å².